The van der Waals surface area contributed by atoms with Crippen molar-refractivity contribution in [2.75, 3.05) is 43.5 Å². The van der Waals surface area contributed by atoms with Crippen molar-refractivity contribution in [2.45, 2.75) is 89.2 Å². The fourth-order valence-electron chi connectivity index (χ4n) is 8.26. The maximum absolute atomic E-state index is 13.6. The van der Waals surface area contributed by atoms with E-state index in [9.17, 15) is 47.1 Å². The number of aryl methyl sites for hydroxylation is 1. The zero-order valence-corrected chi connectivity index (χ0v) is 40.5. The Balaban J connectivity index is 0.852. The van der Waals surface area contributed by atoms with E-state index in [1.165, 1.54) is 4.31 Å². The first-order valence-electron chi connectivity index (χ1n) is 22.3. The standard InChI is InChI=1S/C48H52ClN5O13S2/c1-48(2,3)67-47(62)43-41(66-26-38(57)58)40(49)42(68-43)30-10-5-13-33(25-30)50-31-17-20-53(21-18-31)69(63,64)27-28-8-4-12-32(24-28)51-37(56)19-23-65-22-7-11-29-9-6-14-34-39(29)46(61)54(45(34)60)35-15-16-36(55)52-44(35)59/h4-6,8-10,12-14,24-25,31,35,50H,7,11,15-23,26-27H2,1-3H3,(H,51,56)(H,57,58)(H,52,55,59). The van der Waals surface area contributed by atoms with Gasteiger partial charge in [0.05, 0.1) is 34.8 Å². The first kappa shape index (κ1) is 50.7. The Bertz CT molecular complexity index is 2780. The number of thiophene rings is 1. The number of carboxylic acid groups (broad SMARTS) is 1. The number of carboxylic acids is 1. The van der Waals surface area contributed by atoms with Crippen LogP contribution in [-0.4, -0.2) is 115 Å². The van der Waals surface area contributed by atoms with Crippen LogP contribution in [0.3, 0.4) is 0 Å². The van der Waals surface area contributed by atoms with Crippen molar-refractivity contribution in [3.8, 4) is 16.2 Å². The van der Waals surface area contributed by atoms with Crippen molar-refractivity contribution in [3.05, 3.63) is 98.9 Å². The fourth-order valence-corrected chi connectivity index (χ4v) is 11.2. The average Bonchev–Trinajstić information content (AvgIpc) is 3.75. The number of nitrogens with zero attached hydrogens (tertiary/aromatic N) is 2. The highest BCUT2D eigenvalue weighted by atomic mass is 35.5. The summed E-state index contributed by atoms with van der Waals surface area (Å²) in [5.41, 5.74) is 2.61. The Hall–Kier alpha value is -6.19. The van der Waals surface area contributed by atoms with E-state index in [1.807, 2.05) is 18.2 Å². The number of amides is 5. The normalized spacial score (nSPS) is 16.8. The van der Waals surface area contributed by atoms with Crippen molar-refractivity contribution in [1.82, 2.24) is 14.5 Å². The second-order valence-electron chi connectivity index (χ2n) is 17.7. The summed E-state index contributed by atoms with van der Waals surface area (Å²) in [6.45, 7) is 5.37. The van der Waals surface area contributed by atoms with Crippen LogP contribution in [0.25, 0.3) is 10.4 Å². The minimum atomic E-state index is -3.71. The molecule has 0 aliphatic carbocycles. The topological polar surface area (TPSA) is 244 Å². The highest BCUT2D eigenvalue weighted by Gasteiger charge is 2.45. The number of esters is 1. The number of benzene rings is 3. The third-order valence-corrected chi connectivity index (χ3v) is 14.9. The van der Waals surface area contributed by atoms with Gasteiger partial charge in [0.2, 0.25) is 27.7 Å². The molecule has 3 aliphatic heterocycles. The number of imide groups is 2. The second kappa shape index (κ2) is 21.6. The SMILES string of the molecule is CC(C)(C)OC(=O)c1sc(-c2cccc(NC3CCN(S(=O)(=O)Cc4cccc(NC(=O)CCOCCCc5cccc6c5C(=O)N(C5CCC(=O)NC5=O)C6=O)c4)CC3)c2)c(Cl)c1OCC(=O)O. The summed E-state index contributed by atoms with van der Waals surface area (Å²) in [5, 5.41) is 17.8. The summed E-state index contributed by atoms with van der Waals surface area (Å²) in [4.78, 5) is 89.2. The highest BCUT2D eigenvalue weighted by Crippen LogP contribution is 2.46. The predicted octanol–water partition coefficient (Wildman–Crippen LogP) is 6.27. The van der Waals surface area contributed by atoms with Crippen LogP contribution in [0.5, 0.6) is 5.75 Å². The second-order valence-corrected chi connectivity index (χ2v) is 21.1. The molecule has 4 aromatic rings. The van der Waals surface area contributed by atoms with E-state index in [2.05, 4.69) is 16.0 Å². The lowest BCUT2D eigenvalue weighted by Crippen LogP contribution is -2.54. The molecule has 0 bridgehead atoms. The van der Waals surface area contributed by atoms with E-state index in [1.54, 1.807) is 69.3 Å². The Kier molecular flexibility index (Phi) is 15.9. The van der Waals surface area contributed by atoms with Gasteiger partial charge in [0.15, 0.2) is 17.2 Å². The van der Waals surface area contributed by atoms with E-state index in [0.717, 1.165) is 21.9 Å². The fraction of sp³-hybridized carbons (Fsp3) is 0.396. The molecule has 0 spiro atoms. The summed E-state index contributed by atoms with van der Waals surface area (Å²) in [7, 11) is -3.71. The number of piperidine rings is 2. The number of anilines is 2. The zero-order valence-electron chi connectivity index (χ0n) is 38.1. The lowest BCUT2D eigenvalue weighted by molar-refractivity contribution is -0.139. The zero-order chi connectivity index (χ0) is 49.6. The number of halogens is 1. The van der Waals surface area contributed by atoms with Crippen LogP contribution >= 0.6 is 22.9 Å². The molecule has 7 rings (SSSR count). The smallest absolute Gasteiger partial charge is 0.352 e. The molecule has 1 atom stereocenters. The minimum Gasteiger partial charge on any atom is -0.479 e. The van der Waals surface area contributed by atoms with Gasteiger partial charge in [0.1, 0.15) is 16.7 Å². The summed E-state index contributed by atoms with van der Waals surface area (Å²) >= 11 is 7.73. The maximum Gasteiger partial charge on any atom is 0.352 e. The number of hydrogen-bond acceptors (Lipinski definition) is 14. The molecule has 4 N–H and O–H groups in total. The number of carbonyl (C=O) groups excluding carboxylic acids is 6. The molecule has 2 saturated heterocycles. The first-order chi connectivity index (χ1) is 32.8. The number of sulfonamides is 1. The van der Waals surface area contributed by atoms with E-state index in [-0.39, 0.29) is 90.0 Å². The van der Waals surface area contributed by atoms with Gasteiger partial charge in [-0.05, 0) is 99.9 Å². The lowest BCUT2D eigenvalue weighted by atomic mass is 9.99. The number of hydrogen-bond donors (Lipinski definition) is 4. The summed E-state index contributed by atoms with van der Waals surface area (Å²) in [5.74, 6) is -4.84. The lowest BCUT2D eigenvalue weighted by Gasteiger charge is -2.32. The highest BCUT2D eigenvalue weighted by molar-refractivity contribution is 7.88. The van der Waals surface area contributed by atoms with Crippen LogP contribution in [-0.2, 0) is 50.8 Å². The van der Waals surface area contributed by atoms with Crippen molar-refractivity contribution in [2.24, 2.45) is 0 Å². The first-order valence-corrected chi connectivity index (χ1v) is 25.1. The van der Waals surface area contributed by atoms with Crippen LogP contribution in [0.4, 0.5) is 11.4 Å². The molecule has 366 valence electrons. The van der Waals surface area contributed by atoms with Gasteiger partial charge in [-0.25, -0.2) is 22.3 Å². The molecule has 3 aliphatic rings. The van der Waals surface area contributed by atoms with Crippen LogP contribution in [0.1, 0.15) is 101 Å². The van der Waals surface area contributed by atoms with Crippen molar-refractivity contribution in [1.29, 1.82) is 0 Å². The Labute approximate surface area is 407 Å². The van der Waals surface area contributed by atoms with Crippen LogP contribution < -0.4 is 20.7 Å². The summed E-state index contributed by atoms with van der Waals surface area (Å²) in [6, 6.07) is 17.8. The molecule has 21 heteroatoms. The van der Waals surface area contributed by atoms with Gasteiger partial charge in [-0.3, -0.25) is 34.2 Å². The Morgan fingerprint density at radius 3 is 2.38 bits per heavy atom. The van der Waals surface area contributed by atoms with Gasteiger partial charge >= 0.3 is 11.9 Å². The third kappa shape index (κ3) is 12.5. The molecule has 3 aromatic carbocycles. The van der Waals surface area contributed by atoms with Crippen LogP contribution in [0.15, 0.2) is 66.7 Å². The number of carbonyl (C=O) groups is 7. The number of fused-ring (bicyclic) bond motifs is 1. The molecule has 1 aromatic heterocycles. The molecular weight excluding hydrogens is 954 g/mol. The molecule has 69 heavy (non-hydrogen) atoms. The summed E-state index contributed by atoms with van der Waals surface area (Å²) < 4.78 is 45.3. The monoisotopic (exact) mass is 1010 g/mol. The van der Waals surface area contributed by atoms with Crippen LogP contribution in [0, 0.1) is 0 Å². The Morgan fingerprint density at radius 2 is 1.65 bits per heavy atom. The molecule has 1 unspecified atom stereocenters. The van der Waals surface area contributed by atoms with Gasteiger partial charge < -0.3 is 30.0 Å². The maximum atomic E-state index is 13.6. The molecule has 0 saturated carbocycles. The molecule has 0 radical (unpaired) electrons. The number of rotatable bonds is 19. The van der Waals surface area contributed by atoms with E-state index >= 15 is 0 Å². The average molecular weight is 1010 g/mol. The summed E-state index contributed by atoms with van der Waals surface area (Å²) in [6.07, 6.45) is 2.07. The minimum absolute atomic E-state index is 0.0306. The van der Waals surface area contributed by atoms with Crippen molar-refractivity contribution in [3.63, 3.8) is 0 Å². The third-order valence-electron chi connectivity index (χ3n) is 11.4. The predicted molar refractivity (Wildman–Crippen MR) is 256 cm³/mol. The van der Waals surface area contributed by atoms with Crippen LogP contribution in [0.2, 0.25) is 5.02 Å². The molecular formula is C48H52ClN5O13S2. The van der Waals surface area contributed by atoms with Gasteiger partial charge in [0.25, 0.3) is 11.8 Å². The van der Waals surface area contributed by atoms with E-state index in [0.29, 0.717) is 52.9 Å². The van der Waals surface area contributed by atoms with E-state index in [4.69, 9.17) is 25.8 Å². The Morgan fingerprint density at radius 1 is 0.928 bits per heavy atom. The number of aliphatic carboxylic acids is 1. The van der Waals surface area contributed by atoms with Gasteiger partial charge in [-0.15, -0.1) is 11.3 Å². The van der Waals surface area contributed by atoms with Crippen molar-refractivity contribution >= 4 is 85.8 Å². The molecule has 5 amide bonds. The van der Waals surface area contributed by atoms with Gasteiger partial charge in [0, 0.05) is 43.5 Å². The molecule has 18 nitrogen and oxygen atoms in total. The largest absolute Gasteiger partial charge is 0.479 e. The number of ether oxygens (including phenoxy) is 3. The molecule has 2 fully saturated rings. The van der Waals surface area contributed by atoms with Crippen molar-refractivity contribution < 1.29 is 61.3 Å². The molecule has 4 heterocycles. The number of nitrogens with one attached hydrogen (secondary N) is 3. The van der Waals surface area contributed by atoms with Gasteiger partial charge in [-0.2, -0.15) is 0 Å². The van der Waals surface area contributed by atoms with Gasteiger partial charge in [-0.1, -0.05) is 48.0 Å². The van der Waals surface area contributed by atoms with E-state index < -0.39 is 63.8 Å². The quantitative estimate of drug-likeness (QED) is 0.0460.